The Bertz CT molecular complexity index is 519. The molecule has 2 aromatic rings. The molecule has 0 aliphatic heterocycles. The molecule has 0 saturated heterocycles. The minimum absolute atomic E-state index is 0.460. The Morgan fingerprint density at radius 2 is 2.38 bits per heavy atom. The van der Waals surface area contributed by atoms with E-state index in [4.69, 9.17) is 16.6 Å². The maximum absolute atomic E-state index is 9.93. The fraction of sp³-hybridized carbons (Fsp3) is 0.400. The molecule has 0 saturated carbocycles. The molecule has 2 heterocycles. The van der Waals surface area contributed by atoms with Gasteiger partial charge in [-0.05, 0) is 38.2 Å². The summed E-state index contributed by atoms with van der Waals surface area (Å²) in [5.74, 6) is 1.26. The summed E-state index contributed by atoms with van der Waals surface area (Å²) >= 11 is 5.11. The van der Waals surface area contributed by atoms with Gasteiger partial charge in [0.05, 0.1) is 12.8 Å². The third-order valence-electron chi connectivity index (χ3n) is 2.20. The van der Waals surface area contributed by atoms with E-state index in [0.29, 0.717) is 17.1 Å². The van der Waals surface area contributed by atoms with Gasteiger partial charge < -0.3 is 9.52 Å². The number of nitrogens with one attached hydrogen (secondary N) is 1. The molecule has 0 aromatic carbocycles. The standard InChI is InChI=1S/C10H13N3O2S/c1-10(2,14)8-11-12-9(16)13(8)6-7-4-3-5-15-7/h3-5,14H,6H2,1-2H3,(H,12,16). The van der Waals surface area contributed by atoms with Gasteiger partial charge >= 0.3 is 0 Å². The average Bonchev–Trinajstić information content (AvgIpc) is 2.76. The molecule has 0 bridgehead atoms. The zero-order chi connectivity index (χ0) is 11.8. The van der Waals surface area contributed by atoms with Gasteiger partial charge in [-0.3, -0.25) is 9.67 Å². The fourth-order valence-electron chi connectivity index (χ4n) is 1.49. The number of H-pyrrole nitrogens is 1. The predicted octanol–water partition coefficient (Wildman–Crippen LogP) is 1.81. The van der Waals surface area contributed by atoms with E-state index in [2.05, 4.69) is 10.2 Å². The quantitative estimate of drug-likeness (QED) is 0.802. The van der Waals surface area contributed by atoms with Gasteiger partial charge in [0, 0.05) is 0 Å². The Morgan fingerprint density at radius 3 is 2.94 bits per heavy atom. The molecule has 0 spiro atoms. The van der Waals surface area contributed by atoms with Crippen molar-refractivity contribution in [3.8, 4) is 0 Å². The number of nitrogens with zero attached hydrogens (tertiary/aromatic N) is 2. The maximum atomic E-state index is 9.93. The SMILES string of the molecule is CC(C)(O)c1n[nH]c(=S)n1Cc1ccco1. The zero-order valence-corrected chi connectivity index (χ0v) is 9.91. The van der Waals surface area contributed by atoms with Gasteiger partial charge in [-0.15, -0.1) is 0 Å². The van der Waals surface area contributed by atoms with Crippen molar-refractivity contribution >= 4 is 12.2 Å². The molecule has 0 unspecified atom stereocenters. The van der Waals surface area contributed by atoms with Gasteiger partial charge in [-0.1, -0.05) is 0 Å². The van der Waals surface area contributed by atoms with Crippen molar-refractivity contribution < 1.29 is 9.52 Å². The van der Waals surface area contributed by atoms with E-state index in [1.54, 1.807) is 24.7 Å². The lowest BCUT2D eigenvalue weighted by Gasteiger charge is -2.16. The molecule has 5 nitrogen and oxygen atoms in total. The van der Waals surface area contributed by atoms with Gasteiger partial charge in [-0.2, -0.15) is 5.10 Å². The third-order valence-corrected chi connectivity index (χ3v) is 2.51. The second kappa shape index (κ2) is 3.88. The van der Waals surface area contributed by atoms with Crippen LogP contribution < -0.4 is 0 Å². The van der Waals surface area contributed by atoms with Crippen LogP contribution in [0, 0.1) is 4.77 Å². The molecule has 2 aromatic heterocycles. The molecule has 16 heavy (non-hydrogen) atoms. The molecule has 2 rings (SSSR count). The first-order valence-electron chi connectivity index (χ1n) is 4.89. The number of rotatable bonds is 3. The largest absolute Gasteiger partial charge is 0.467 e. The van der Waals surface area contributed by atoms with E-state index in [0.717, 1.165) is 5.76 Å². The molecule has 0 aliphatic carbocycles. The van der Waals surface area contributed by atoms with Crippen LogP contribution in [-0.2, 0) is 12.1 Å². The maximum Gasteiger partial charge on any atom is 0.195 e. The normalized spacial score (nSPS) is 11.9. The Kier molecular flexibility index (Phi) is 2.69. The topological polar surface area (TPSA) is 67.0 Å². The summed E-state index contributed by atoms with van der Waals surface area (Å²) in [6.07, 6.45) is 1.60. The van der Waals surface area contributed by atoms with E-state index >= 15 is 0 Å². The third kappa shape index (κ3) is 2.07. The van der Waals surface area contributed by atoms with Crippen molar-refractivity contribution in [3.63, 3.8) is 0 Å². The summed E-state index contributed by atoms with van der Waals surface area (Å²) in [6.45, 7) is 3.79. The van der Waals surface area contributed by atoms with Crippen LogP contribution in [0.4, 0.5) is 0 Å². The number of furan rings is 1. The molecule has 6 heteroatoms. The molecule has 0 aliphatic rings. The Morgan fingerprint density at radius 1 is 1.62 bits per heavy atom. The highest BCUT2D eigenvalue weighted by Gasteiger charge is 2.23. The number of hydrogen-bond donors (Lipinski definition) is 2. The lowest BCUT2D eigenvalue weighted by molar-refractivity contribution is 0.0644. The van der Waals surface area contributed by atoms with Crippen molar-refractivity contribution in [2.45, 2.75) is 26.0 Å². The summed E-state index contributed by atoms with van der Waals surface area (Å²) in [5.41, 5.74) is -1.04. The van der Waals surface area contributed by atoms with E-state index in [9.17, 15) is 5.11 Å². The fourth-order valence-corrected chi connectivity index (χ4v) is 1.69. The van der Waals surface area contributed by atoms with Crippen LogP contribution in [-0.4, -0.2) is 19.9 Å². The lowest BCUT2D eigenvalue weighted by atomic mass is 10.1. The molecule has 86 valence electrons. The van der Waals surface area contributed by atoms with Gasteiger partial charge in [0.25, 0.3) is 0 Å². The summed E-state index contributed by atoms with van der Waals surface area (Å²) in [7, 11) is 0. The molecular weight excluding hydrogens is 226 g/mol. The molecule has 2 N–H and O–H groups in total. The molecule has 0 fully saturated rings. The first-order chi connectivity index (χ1) is 7.48. The highest BCUT2D eigenvalue weighted by Crippen LogP contribution is 2.18. The second-order valence-corrected chi connectivity index (χ2v) is 4.46. The first kappa shape index (κ1) is 11.1. The van der Waals surface area contributed by atoms with Crippen LogP contribution in [0.1, 0.15) is 25.4 Å². The van der Waals surface area contributed by atoms with Crippen molar-refractivity contribution in [2.24, 2.45) is 0 Å². The average molecular weight is 239 g/mol. The number of aromatic nitrogens is 3. The molecular formula is C10H13N3O2S. The molecule has 0 amide bonds. The van der Waals surface area contributed by atoms with E-state index in [1.807, 2.05) is 12.1 Å². The minimum Gasteiger partial charge on any atom is -0.467 e. The van der Waals surface area contributed by atoms with Crippen LogP contribution in [0.25, 0.3) is 0 Å². The first-order valence-corrected chi connectivity index (χ1v) is 5.30. The Hall–Kier alpha value is -1.40. The van der Waals surface area contributed by atoms with Crippen LogP contribution in [0.15, 0.2) is 22.8 Å². The molecule has 0 radical (unpaired) electrons. The van der Waals surface area contributed by atoms with Gasteiger partial charge in [0.15, 0.2) is 10.6 Å². The lowest BCUT2D eigenvalue weighted by Crippen LogP contribution is -2.22. The number of hydrogen-bond acceptors (Lipinski definition) is 4. The van der Waals surface area contributed by atoms with Crippen LogP contribution in [0.2, 0.25) is 0 Å². The van der Waals surface area contributed by atoms with Crippen molar-refractivity contribution in [2.75, 3.05) is 0 Å². The van der Waals surface area contributed by atoms with Crippen LogP contribution >= 0.6 is 12.2 Å². The number of aromatic amines is 1. The molecule has 0 atom stereocenters. The Balaban J connectivity index is 2.40. The summed E-state index contributed by atoms with van der Waals surface area (Å²) in [5, 5.41) is 16.6. The van der Waals surface area contributed by atoms with Crippen molar-refractivity contribution in [1.29, 1.82) is 0 Å². The van der Waals surface area contributed by atoms with Gasteiger partial charge in [-0.25, -0.2) is 0 Å². The minimum atomic E-state index is -1.04. The summed E-state index contributed by atoms with van der Waals surface area (Å²) < 4.78 is 7.42. The van der Waals surface area contributed by atoms with E-state index in [-0.39, 0.29) is 0 Å². The van der Waals surface area contributed by atoms with E-state index < -0.39 is 5.60 Å². The second-order valence-electron chi connectivity index (χ2n) is 4.08. The highest BCUT2D eigenvalue weighted by molar-refractivity contribution is 7.71. The monoisotopic (exact) mass is 239 g/mol. The highest BCUT2D eigenvalue weighted by atomic mass is 32.1. The van der Waals surface area contributed by atoms with E-state index in [1.165, 1.54) is 0 Å². The smallest absolute Gasteiger partial charge is 0.195 e. The van der Waals surface area contributed by atoms with Crippen LogP contribution in [0.5, 0.6) is 0 Å². The van der Waals surface area contributed by atoms with Gasteiger partial charge in [0.2, 0.25) is 0 Å². The summed E-state index contributed by atoms with van der Waals surface area (Å²) in [6, 6.07) is 3.66. The predicted molar refractivity (Wildman–Crippen MR) is 60.5 cm³/mol. The zero-order valence-electron chi connectivity index (χ0n) is 9.10. The van der Waals surface area contributed by atoms with Crippen molar-refractivity contribution in [3.05, 3.63) is 34.8 Å². The van der Waals surface area contributed by atoms with Crippen LogP contribution in [0.3, 0.4) is 0 Å². The summed E-state index contributed by atoms with van der Waals surface area (Å²) in [4.78, 5) is 0. The Labute approximate surface area is 97.7 Å². The number of aliphatic hydroxyl groups is 1. The van der Waals surface area contributed by atoms with Crippen molar-refractivity contribution in [1.82, 2.24) is 14.8 Å². The van der Waals surface area contributed by atoms with Gasteiger partial charge in [0.1, 0.15) is 11.4 Å².